The van der Waals surface area contributed by atoms with E-state index in [1.54, 1.807) is 0 Å². The molecule has 2 heteroatoms. The predicted octanol–water partition coefficient (Wildman–Crippen LogP) is 2.34. The van der Waals surface area contributed by atoms with E-state index in [1.807, 2.05) is 26.4 Å². The number of rotatable bonds is 6. The van der Waals surface area contributed by atoms with Crippen LogP contribution in [0.25, 0.3) is 0 Å². The normalized spacial score (nSPS) is 11.8. The Morgan fingerprint density at radius 2 is 2.00 bits per heavy atom. The molecule has 0 bridgehead atoms. The summed E-state index contributed by atoms with van der Waals surface area (Å²) in [5, 5.41) is 0. The Balaban J connectivity index is 2.90. The van der Waals surface area contributed by atoms with Gasteiger partial charge >= 0.3 is 0 Å². The van der Waals surface area contributed by atoms with Crippen LogP contribution in [0.3, 0.4) is 0 Å². The molecular weight excluding hydrogens is 136 g/mol. The Labute approximate surface area is 69.4 Å². The molecule has 0 spiro atoms. The van der Waals surface area contributed by atoms with Crippen molar-refractivity contribution in [3.63, 3.8) is 0 Å². The van der Waals surface area contributed by atoms with E-state index >= 15 is 0 Å². The van der Waals surface area contributed by atoms with E-state index in [9.17, 15) is 0 Å². The summed E-state index contributed by atoms with van der Waals surface area (Å²) < 4.78 is 0. The molecule has 0 N–H and O–H groups in total. The van der Waals surface area contributed by atoms with Crippen LogP contribution in [0.1, 0.15) is 32.6 Å². The lowest BCUT2D eigenvalue weighted by Gasteiger charge is -1.93. The maximum absolute atomic E-state index is 4.13. The second-order valence-corrected chi connectivity index (χ2v) is 2.45. The molecule has 0 radical (unpaired) electrons. The lowest BCUT2D eigenvalue weighted by molar-refractivity contribution is 0.710. The van der Waals surface area contributed by atoms with Gasteiger partial charge in [0.25, 0.3) is 0 Å². The van der Waals surface area contributed by atoms with E-state index in [0.29, 0.717) is 0 Å². The smallest absolute Gasteiger partial charge is 0.0385 e. The van der Waals surface area contributed by atoms with E-state index < -0.39 is 0 Å². The van der Waals surface area contributed by atoms with Crippen molar-refractivity contribution in [2.45, 2.75) is 32.6 Å². The number of hydrogen-bond donors (Lipinski definition) is 0. The third-order valence-electron chi connectivity index (χ3n) is 1.49. The predicted molar refractivity (Wildman–Crippen MR) is 51.9 cm³/mol. The quantitative estimate of drug-likeness (QED) is 0.414. The minimum absolute atomic E-state index is 0.986. The SMILES string of the molecule is C/C=N/CCCCC/C=N/C. The van der Waals surface area contributed by atoms with E-state index in [1.165, 1.54) is 19.3 Å². The molecule has 0 saturated carbocycles. The van der Waals surface area contributed by atoms with Crippen molar-refractivity contribution < 1.29 is 0 Å². The molecule has 0 rings (SSSR count). The van der Waals surface area contributed by atoms with Crippen LogP contribution >= 0.6 is 0 Å². The Morgan fingerprint density at radius 3 is 2.64 bits per heavy atom. The van der Waals surface area contributed by atoms with Crippen LogP contribution in [0, 0.1) is 0 Å². The van der Waals surface area contributed by atoms with Gasteiger partial charge in [-0.15, -0.1) is 0 Å². The zero-order valence-corrected chi connectivity index (χ0v) is 7.58. The number of unbranched alkanes of at least 4 members (excludes halogenated alkanes) is 3. The molecule has 0 unspecified atom stereocenters. The molecule has 0 atom stereocenters. The summed E-state index contributed by atoms with van der Waals surface area (Å²) in [5.74, 6) is 0. The fraction of sp³-hybridized carbons (Fsp3) is 0.778. The highest BCUT2D eigenvalue weighted by Crippen LogP contribution is 1.97. The lowest BCUT2D eigenvalue weighted by Crippen LogP contribution is -1.83. The summed E-state index contributed by atoms with van der Waals surface area (Å²) in [6, 6.07) is 0. The summed E-state index contributed by atoms with van der Waals surface area (Å²) in [6.45, 7) is 2.95. The average Bonchev–Trinajstić information content (AvgIpc) is 2.03. The van der Waals surface area contributed by atoms with Gasteiger partial charge in [0.15, 0.2) is 0 Å². The first kappa shape index (κ1) is 10.3. The zero-order chi connectivity index (χ0) is 8.36. The molecule has 0 aliphatic rings. The number of nitrogens with zero attached hydrogens (tertiary/aromatic N) is 2. The second kappa shape index (κ2) is 9.34. The van der Waals surface area contributed by atoms with Crippen LogP contribution < -0.4 is 0 Å². The first-order valence-corrected chi connectivity index (χ1v) is 4.27. The highest BCUT2D eigenvalue weighted by Gasteiger charge is 1.84. The second-order valence-electron chi connectivity index (χ2n) is 2.45. The fourth-order valence-corrected chi connectivity index (χ4v) is 0.874. The molecule has 0 aromatic carbocycles. The van der Waals surface area contributed by atoms with Gasteiger partial charge in [0.1, 0.15) is 0 Å². The van der Waals surface area contributed by atoms with Crippen molar-refractivity contribution in [2.75, 3.05) is 13.6 Å². The van der Waals surface area contributed by atoms with Crippen molar-refractivity contribution >= 4 is 12.4 Å². The molecule has 0 fully saturated rings. The van der Waals surface area contributed by atoms with E-state index in [0.717, 1.165) is 13.0 Å². The van der Waals surface area contributed by atoms with Gasteiger partial charge in [0, 0.05) is 13.6 Å². The maximum atomic E-state index is 4.13. The molecule has 0 saturated heterocycles. The summed E-state index contributed by atoms with van der Waals surface area (Å²) >= 11 is 0. The van der Waals surface area contributed by atoms with Crippen LogP contribution in [-0.2, 0) is 0 Å². The Morgan fingerprint density at radius 1 is 1.18 bits per heavy atom. The molecule has 0 aromatic heterocycles. The van der Waals surface area contributed by atoms with Crippen LogP contribution in [0.4, 0.5) is 0 Å². The molecule has 0 amide bonds. The minimum Gasteiger partial charge on any atom is -0.301 e. The highest BCUT2D eigenvalue weighted by molar-refractivity contribution is 5.56. The fourth-order valence-electron chi connectivity index (χ4n) is 0.874. The topological polar surface area (TPSA) is 24.7 Å². The van der Waals surface area contributed by atoms with Gasteiger partial charge < -0.3 is 4.99 Å². The first-order valence-electron chi connectivity index (χ1n) is 4.27. The molecule has 0 heterocycles. The van der Waals surface area contributed by atoms with Gasteiger partial charge in [-0.3, -0.25) is 4.99 Å². The van der Waals surface area contributed by atoms with Gasteiger partial charge in [-0.25, -0.2) is 0 Å². The van der Waals surface area contributed by atoms with Crippen molar-refractivity contribution in [2.24, 2.45) is 9.98 Å². The molecule has 64 valence electrons. The van der Waals surface area contributed by atoms with E-state index in [-0.39, 0.29) is 0 Å². The Kier molecular flexibility index (Phi) is 8.78. The van der Waals surface area contributed by atoms with Gasteiger partial charge in [-0.2, -0.15) is 0 Å². The lowest BCUT2D eigenvalue weighted by atomic mass is 10.2. The highest BCUT2D eigenvalue weighted by atomic mass is 14.7. The van der Waals surface area contributed by atoms with Crippen LogP contribution in [0.2, 0.25) is 0 Å². The van der Waals surface area contributed by atoms with Crippen molar-refractivity contribution in [1.82, 2.24) is 0 Å². The van der Waals surface area contributed by atoms with Crippen molar-refractivity contribution in [1.29, 1.82) is 0 Å². The van der Waals surface area contributed by atoms with Crippen LogP contribution in [0.15, 0.2) is 9.98 Å². The number of aliphatic imine (C=N–C) groups is 2. The van der Waals surface area contributed by atoms with Gasteiger partial charge in [0.2, 0.25) is 0 Å². The molecule has 2 nitrogen and oxygen atoms in total. The largest absolute Gasteiger partial charge is 0.301 e. The summed E-state index contributed by atoms with van der Waals surface area (Å²) in [6.07, 6.45) is 8.69. The van der Waals surface area contributed by atoms with E-state index in [4.69, 9.17) is 0 Å². The third kappa shape index (κ3) is 9.34. The summed E-state index contributed by atoms with van der Waals surface area (Å²) in [7, 11) is 1.82. The molecule has 0 aliphatic carbocycles. The maximum Gasteiger partial charge on any atom is 0.0385 e. The first-order chi connectivity index (χ1) is 5.41. The molecule has 0 aromatic rings. The summed E-state index contributed by atoms with van der Waals surface area (Å²) in [4.78, 5) is 8.05. The Bertz CT molecular complexity index is 103. The Hall–Kier alpha value is -0.660. The van der Waals surface area contributed by atoms with E-state index in [2.05, 4.69) is 9.98 Å². The summed E-state index contributed by atoms with van der Waals surface area (Å²) in [5.41, 5.74) is 0. The monoisotopic (exact) mass is 154 g/mol. The van der Waals surface area contributed by atoms with Gasteiger partial charge in [0.05, 0.1) is 0 Å². The minimum atomic E-state index is 0.986. The van der Waals surface area contributed by atoms with Crippen LogP contribution in [-0.4, -0.2) is 26.0 Å². The van der Waals surface area contributed by atoms with Crippen LogP contribution in [0.5, 0.6) is 0 Å². The molecular formula is C9H18N2. The molecule has 0 aliphatic heterocycles. The van der Waals surface area contributed by atoms with Gasteiger partial charge in [-0.1, -0.05) is 6.42 Å². The zero-order valence-electron chi connectivity index (χ0n) is 7.58. The third-order valence-corrected chi connectivity index (χ3v) is 1.49. The average molecular weight is 154 g/mol. The van der Waals surface area contributed by atoms with Gasteiger partial charge in [-0.05, 0) is 38.6 Å². The number of hydrogen-bond acceptors (Lipinski definition) is 2. The molecule has 11 heavy (non-hydrogen) atoms. The van der Waals surface area contributed by atoms with Crippen molar-refractivity contribution in [3.05, 3.63) is 0 Å². The standard InChI is InChI=1S/C9H18N2/c1-3-11-9-7-5-4-6-8-10-2/h3,8H,4-7,9H2,1-2H3/b10-8+,11-3+. The van der Waals surface area contributed by atoms with Crippen molar-refractivity contribution in [3.8, 4) is 0 Å².